The molecule has 22 heavy (non-hydrogen) atoms. The molecular formula is C17H7FO3S. The van der Waals surface area contributed by atoms with E-state index in [9.17, 15) is 9.18 Å². The third-order valence-electron chi connectivity index (χ3n) is 3.91. The minimum Gasteiger partial charge on any atom is -0.463 e. The number of hydrogen-bond donors (Lipinski definition) is 0. The van der Waals surface area contributed by atoms with E-state index in [1.165, 1.54) is 29.5 Å². The van der Waals surface area contributed by atoms with Crippen LogP contribution in [0.25, 0.3) is 43.0 Å². The fourth-order valence-electron chi connectivity index (χ4n) is 2.95. The maximum atomic E-state index is 13.5. The summed E-state index contributed by atoms with van der Waals surface area (Å²) < 4.78 is 25.8. The zero-order chi connectivity index (χ0) is 14.8. The van der Waals surface area contributed by atoms with Gasteiger partial charge in [0.15, 0.2) is 5.58 Å². The Hall–Kier alpha value is -2.66. The summed E-state index contributed by atoms with van der Waals surface area (Å²) in [5, 5.41) is 4.40. The minimum atomic E-state index is -0.466. The zero-order valence-electron chi connectivity index (χ0n) is 11.1. The summed E-state index contributed by atoms with van der Waals surface area (Å²) >= 11 is 1.51. The molecule has 0 aliphatic heterocycles. The Balaban J connectivity index is 2.22. The first kappa shape index (κ1) is 11.9. The van der Waals surface area contributed by atoms with Crippen LogP contribution in [0.2, 0.25) is 0 Å². The molecule has 0 aliphatic carbocycles. The van der Waals surface area contributed by atoms with E-state index in [0.29, 0.717) is 22.1 Å². The number of thiophene rings is 1. The Labute approximate surface area is 126 Å². The molecule has 3 heterocycles. The Morgan fingerprint density at radius 2 is 1.91 bits per heavy atom. The maximum absolute atomic E-state index is 13.5. The summed E-state index contributed by atoms with van der Waals surface area (Å²) in [5.74, 6) is -0.466. The van der Waals surface area contributed by atoms with E-state index in [-0.39, 0.29) is 10.8 Å². The van der Waals surface area contributed by atoms with Gasteiger partial charge in [-0.25, -0.2) is 4.39 Å². The average Bonchev–Trinajstić information content (AvgIpc) is 3.15. The molecule has 0 aliphatic rings. The first-order valence-electron chi connectivity index (χ1n) is 6.66. The van der Waals surface area contributed by atoms with E-state index < -0.39 is 5.82 Å². The van der Waals surface area contributed by atoms with Crippen molar-refractivity contribution in [1.29, 1.82) is 0 Å². The van der Waals surface area contributed by atoms with Crippen LogP contribution in [0.1, 0.15) is 0 Å². The monoisotopic (exact) mass is 310 g/mol. The van der Waals surface area contributed by atoms with Gasteiger partial charge in [-0.2, -0.15) is 0 Å². The van der Waals surface area contributed by atoms with Gasteiger partial charge in [-0.05, 0) is 35.7 Å². The summed E-state index contributed by atoms with van der Waals surface area (Å²) in [6.07, 6.45) is 1.55. The van der Waals surface area contributed by atoms with Crippen molar-refractivity contribution in [2.75, 3.05) is 0 Å². The molecule has 0 spiro atoms. The molecule has 0 radical (unpaired) electrons. The highest BCUT2D eigenvalue weighted by molar-refractivity contribution is 7.18. The molecule has 0 saturated carbocycles. The van der Waals surface area contributed by atoms with Gasteiger partial charge in [0.2, 0.25) is 5.43 Å². The lowest BCUT2D eigenvalue weighted by molar-refractivity contribution is 0.615. The quantitative estimate of drug-likeness (QED) is 0.376. The van der Waals surface area contributed by atoms with Crippen LogP contribution in [0, 0.1) is 5.82 Å². The molecule has 3 aromatic heterocycles. The standard InChI is InChI=1S/C17H7FO3S/c18-8-1-2-12-11(7-8)14(19)13-15-9(3-5-20-15)10-4-6-22-17(10)16(13)21-12/h1-7H. The van der Waals surface area contributed by atoms with Crippen molar-refractivity contribution in [3.63, 3.8) is 0 Å². The number of rotatable bonds is 0. The Kier molecular flexibility index (Phi) is 2.15. The lowest BCUT2D eigenvalue weighted by Gasteiger charge is -2.04. The first-order chi connectivity index (χ1) is 10.7. The largest absolute Gasteiger partial charge is 0.463 e. The van der Waals surface area contributed by atoms with Crippen LogP contribution in [0.15, 0.2) is 55.6 Å². The molecule has 0 bridgehead atoms. The summed E-state index contributed by atoms with van der Waals surface area (Å²) in [5.41, 5.74) is 1.09. The highest BCUT2D eigenvalue weighted by Crippen LogP contribution is 2.38. The highest BCUT2D eigenvalue weighted by atomic mass is 32.1. The van der Waals surface area contributed by atoms with Crippen molar-refractivity contribution >= 4 is 54.3 Å². The fourth-order valence-corrected chi connectivity index (χ4v) is 3.84. The highest BCUT2D eigenvalue weighted by Gasteiger charge is 2.18. The average molecular weight is 310 g/mol. The Morgan fingerprint density at radius 3 is 2.82 bits per heavy atom. The molecule has 0 N–H and O–H groups in total. The molecule has 0 amide bonds. The molecule has 5 heteroatoms. The predicted octanol–water partition coefficient (Wildman–Crippen LogP) is 5.05. The first-order valence-corrected chi connectivity index (χ1v) is 7.54. The van der Waals surface area contributed by atoms with Gasteiger partial charge in [-0.1, -0.05) is 0 Å². The van der Waals surface area contributed by atoms with Gasteiger partial charge >= 0.3 is 0 Å². The fraction of sp³-hybridized carbons (Fsp3) is 0. The minimum absolute atomic E-state index is 0.223. The summed E-state index contributed by atoms with van der Waals surface area (Å²) in [6.45, 7) is 0. The van der Waals surface area contributed by atoms with E-state index in [2.05, 4.69) is 0 Å². The van der Waals surface area contributed by atoms with Crippen LogP contribution < -0.4 is 5.43 Å². The normalized spacial score (nSPS) is 12.0. The summed E-state index contributed by atoms with van der Waals surface area (Å²) in [6, 6.07) is 7.78. The molecule has 5 aromatic rings. The number of halogens is 1. The van der Waals surface area contributed by atoms with Crippen LogP contribution >= 0.6 is 11.3 Å². The lowest BCUT2D eigenvalue weighted by atomic mass is 10.1. The number of benzene rings is 2. The topological polar surface area (TPSA) is 43.4 Å². The molecule has 0 unspecified atom stereocenters. The van der Waals surface area contributed by atoms with Gasteiger partial charge in [0.25, 0.3) is 0 Å². The van der Waals surface area contributed by atoms with Crippen molar-refractivity contribution in [2.45, 2.75) is 0 Å². The van der Waals surface area contributed by atoms with Crippen LogP contribution in [0.4, 0.5) is 4.39 Å². The third kappa shape index (κ3) is 1.36. The maximum Gasteiger partial charge on any atom is 0.204 e. The SMILES string of the molecule is O=c1c2cc(F)ccc2oc2c3sccc3c3ccoc3c12. The number of fused-ring (bicyclic) bond motifs is 7. The van der Waals surface area contributed by atoms with Gasteiger partial charge in [-0.15, -0.1) is 11.3 Å². The van der Waals surface area contributed by atoms with E-state index >= 15 is 0 Å². The van der Waals surface area contributed by atoms with E-state index in [4.69, 9.17) is 8.83 Å². The van der Waals surface area contributed by atoms with Crippen LogP contribution in [-0.2, 0) is 0 Å². The van der Waals surface area contributed by atoms with Gasteiger partial charge in [0, 0.05) is 10.8 Å². The van der Waals surface area contributed by atoms with E-state index in [1.54, 1.807) is 6.26 Å². The van der Waals surface area contributed by atoms with Crippen LogP contribution in [0.5, 0.6) is 0 Å². The molecule has 106 valence electrons. The molecule has 5 rings (SSSR count). The second-order valence-corrected chi connectivity index (χ2v) is 6.02. The second-order valence-electron chi connectivity index (χ2n) is 5.10. The van der Waals surface area contributed by atoms with Crippen molar-refractivity contribution in [3.8, 4) is 0 Å². The van der Waals surface area contributed by atoms with Gasteiger partial charge < -0.3 is 8.83 Å². The second kappa shape index (κ2) is 3.96. The molecule has 0 fully saturated rings. The molecule has 3 nitrogen and oxygen atoms in total. The predicted molar refractivity (Wildman–Crippen MR) is 85.1 cm³/mol. The third-order valence-corrected chi connectivity index (χ3v) is 4.82. The summed E-state index contributed by atoms with van der Waals surface area (Å²) in [4.78, 5) is 12.8. The van der Waals surface area contributed by atoms with E-state index in [0.717, 1.165) is 15.5 Å². The Bertz CT molecular complexity index is 1260. The molecule has 2 aromatic carbocycles. The lowest BCUT2D eigenvalue weighted by Crippen LogP contribution is -2.03. The van der Waals surface area contributed by atoms with Gasteiger partial charge in [-0.3, -0.25) is 4.79 Å². The molecule has 0 atom stereocenters. The van der Waals surface area contributed by atoms with Gasteiger partial charge in [0.05, 0.1) is 16.3 Å². The molecular weight excluding hydrogens is 303 g/mol. The number of hydrogen-bond acceptors (Lipinski definition) is 4. The van der Waals surface area contributed by atoms with Gasteiger partial charge in [0.1, 0.15) is 22.4 Å². The van der Waals surface area contributed by atoms with Crippen molar-refractivity contribution in [2.24, 2.45) is 0 Å². The smallest absolute Gasteiger partial charge is 0.204 e. The Morgan fingerprint density at radius 1 is 1.00 bits per heavy atom. The van der Waals surface area contributed by atoms with Crippen molar-refractivity contribution < 1.29 is 13.2 Å². The zero-order valence-corrected chi connectivity index (χ0v) is 11.9. The summed E-state index contributed by atoms with van der Waals surface area (Å²) in [7, 11) is 0. The van der Waals surface area contributed by atoms with Crippen molar-refractivity contribution in [1.82, 2.24) is 0 Å². The van der Waals surface area contributed by atoms with Crippen LogP contribution in [-0.4, -0.2) is 0 Å². The van der Waals surface area contributed by atoms with Crippen molar-refractivity contribution in [3.05, 3.63) is 58.0 Å². The molecule has 0 saturated heterocycles. The number of furan rings is 1. The van der Waals surface area contributed by atoms with Crippen LogP contribution in [0.3, 0.4) is 0 Å². The van der Waals surface area contributed by atoms with E-state index in [1.807, 2.05) is 17.5 Å².